The summed E-state index contributed by atoms with van der Waals surface area (Å²) in [4.78, 5) is 22.5. The van der Waals surface area contributed by atoms with Crippen LogP contribution in [-0.2, 0) is 22.4 Å². The average molecular weight is 604 g/mol. The van der Waals surface area contributed by atoms with Crippen molar-refractivity contribution >= 4 is 17.5 Å². The van der Waals surface area contributed by atoms with Crippen LogP contribution in [0.3, 0.4) is 0 Å². The molecule has 5 rings (SSSR count). The molecule has 1 aliphatic heterocycles. The predicted octanol–water partition coefficient (Wildman–Crippen LogP) is 7.03. The summed E-state index contributed by atoms with van der Waals surface area (Å²) in [5.41, 5.74) is 11.8. The van der Waals surface area contributed by atoms with Crippen molar-refractivity contribution in [1.82, 2.24) is 5.32 Å². The molecule has 4 aromatic rings. The molecule has 0 radical (unpaired) electrons. The molecule has 9 heteroatoms. The monoisotopic (exact) mass is 603 g/mol. The van der Waals surface area contributed by atoms with Gasteiger partial charge >= 0.3 is 0 Å². The van der Waals surface area contributed by atoms with Gasteiger partial charge in [-0.25, -0.2) is 4.99 Å². The molecule has 0 bridgehead atoms. The van der Waals surface area contributed by atoms with E-state index in [9.17, 15) is 10.3 Å². The molecule has 0 saturated carbocycles. The highest BCUT2D eigenvalue weighted by molar-refractivity contribution is 6.01. The minimum Gasteiger partial charge on any atom is -0.494 e. The molecular weight excluding hydrogens is 566 g/mol. The summed E-state index contributed by atoms with van der Waals surface area (Å²) in [6.07, 6.45) is 2.60. The average Bonchev–Trinajstić information content (AvgIpc) is 3.46. The van der Waals surface area contributed by atoms with Gasteiger partial charge in [-0.15, -0.1) is 0 Å². The van der Waals surface area contributed by atoms with Gasteiger partial charge in [-0.05, 0) is 60.2 Å². The number of aliphatic hydroxyl groups excluding tert-OH is 1. The number of aliphatic hydroxyl groups is 1. The molecule has 9 nitrogen and oxygen atoms in total. The molecule has 0 aliphatic carbocycles. The molecule has 0 fully saturated rings. The molecule has 4 aromatic carbocycles. The third kappa shape index (κ3) is 7.89. The Labute approximate surface area is 263 Å². The Kier molecular flexibility index (Phi) is 10.8. The Hall–Kier alpha value is -5.11. The number of nitrogens with one attached hydrogen (secondary N) is 1. The largest absolute Gasteiger partial charge is 0.494 e. The molecular formula is C36H37N5O4. The maximum atomic E-state index is 14.4. The van der Waals surface area contributed by atoms with Gasteiger partial charge in [-0.1, -0.05) is 90.0 Å². The third-order valence-electron chi connectivity index (χ3n) is 7.74. The molecule has 45 heavy (non-hydrogen) atoms. The SMILES string of the molecule is [N-]=[N+]=Nc1ccccc1[C@H]1OC(c2ccc(OCCCO)cc2)=N[C@@]1(Cc1ccccc1)C(=O)NCCCCc1ccccc1. The van der Waals surface area contributed by atoms with E-state index in [4.69, 9.17) is 19.6 Å². The van der Waals surface area contributed by atoms with Gasteiger partial charge in [0.1, 0.15) is 5.75 Å². The summed E-state index contributed by atoms with van der Waals surface area (Å²) in [6, 6.07) is 34.5. The van der Waals surface area contributed by atoms with E-state index in [-0.39, 0.29) is 18.9 Å². The van der Waals surface area contributed by atoms with Crippen LogP contribution in [0.5, 0.6) is 5.75 Å². The second kappa shape index (κ2) is 15.6. The minimum atomic E-state index is -1.38. The summed E-state index contributed by atoms with van der Waals surface area (Å²) >= 11 is 0. The van der Waals surface area contributed by atoms with E-state index in [0.29, 0.717) is 48.0 Å². The topological polar surface area (TPSA) is 129 Å². The van der Waals surface area contributed by atoms with E-state index >= 15 is 0 Å². The molecule has 2 N–H and O–H groups in total. The van der Waals surface area contributed by atoms with Gasteiger partial charge in [-0.3, -0.25) is 4.79 Å². The number of hydrogen-bond donors (Lipinski definition) is 2. The van der Waals surface area contributed by atoms with Gasteiger partial charge in [0.15, 0.2) is 11.6 Å². The predicted molar refractivity (Wildman–Crippen MR) is 175 cm³/mol. The van der Waals surface area contributed by atoms with Crippen molar-refractivity contribution in [3.8, 4) is 5.75 Å². The highest BCUT2D eigenvalue weighted by Crippen LogP contribution is 2.45. The van der Waals surface area contributed by atoms with Gasteiger partial charge in [-0.2, -0.15) is 0 Å². The van der Waals surface area contributed by atoms with Crippen LogP contribution in [-0.4, -0.2) is 42.2 Å². The number of amides is 1. The third-order valence-corrected chi connectivity index (χ3v) is 7.74. The number of carbonyl (C=O) groups is 1. The summed E-state index contributed by atoms with van der Waals surface area (Å²) < 4.78 is 12.3. The Balaban J connectivity index is 1.48. The van der Waals surface area contributed by atoms with Crippen LogP contribution in [0.4, 0.5) is 5.69 Å². The Morgan fingerprint density at radius 3 is 2.31 bits per heavy atom. The smallest absolute Gasteiger partial charge is 0.252 e. The number of nitrogens with zero attached hydrogens (tertiary/aromatic N) is 4. The van der Waals surface area contributed by atoms with Crippen LogP contribution in [0.15, 0.2) is 119 Å². The molecule has 0 unspecified atom stereocenters. The van der Waals surface area contributed by atoms with Crippen molar-refractivity contribution in [3.05, 3.63) is 142 Å². The van der Waals surface area contributed by atoms with E-state index in [1.54, 1.807) is 12.1 Å². The molecule has 1 heterocycles. The van der Waals surface area contributed by atoms with Crippen molar-refractivity contribution in [3.63, 3.8) is 0 Å². The van der Waals surface area contributed by atoms with Crippen LogP contribution >= 0.6 is 0 Å². The summed E-state index contributed by atoms with van der Waals surface area (Å²) in [7, 11) is 0. The lowest BCUT2D eigenvalue weighted by Crippen LogP contribution is -2.50. The first-order chi connectivity index (χ1) is 22.1. The van der Waals surface area contributed by atoms with E-state index < -0.39 is 11.6 Å². The lowest BCUT2D eigenvalue weighted by molar-refractivity contribution is -0.128. The lowest BCUT2D eigenvalue weighted by Gasteiger charge is -2.31. The van der Waals surface area contributed by atoms with E-state index in [1.165, 1.54) is 5.56 Å². The highest BCUT2D eigenvalue weighted by atomic mass is 16.5. The molecule has 0 saturated heterocycles. The van der Waals surface area contributed by atoms with Gasteiger partial charge in [0, 0.05) is 47.7 Å². The van der Waals surface area contributed by atoms with Crippen molar-refractivity contribution < 1.29 is 19.4 Å². The first kappa shape index (κ1) is 31.3. The van der Waals surface area contributed by atoms with E-state index in [2.05, 4.69) is 27.5 Å². The fraction of sp³-hybridized carbons (Fsp3) is 0.278. The molecule has 1 aliphatic rings. The number of aryl methyl sites for hydroxylation is 1. The van der Waals surface area contributed by atoms with Crippen LogP contribution < -0.4 is 10.1 Å². The Morgan fingerprint density at radius 1 is 0.911 bits per heavy atom. The number of carbonyl (C=O) groups excluding carboxylic acids is 1. The standard InChI is InChI=1S/C36H37N5O4/c37-41-40-32-18-8-7-17-31(32)33-36(26-28-15-5-2-6-16-28,35(43)38-23-10-9-14-27-12-3-1-4-13-27)39-34(45-33)29-19-21-30(22-20-29)44-25-11-24-42/h1-8,12-13,15-22,33,42H,9-11,14,23-26H2,(H,38,43)/t33-,36-/m1/s1. The highest BCUT2D eigenvalue weighted by Gasteiger charge is 2.53. The van der Waals surface area contributed by atoms with Crippen LogP contribution in [0.1, 0.15) is 47.6 Å². The zero-order valence-electron chi connectivity index (χ0n) is 25.1. The van der Waals surface area contributed by atoms with Gasteiger partial charge in [0.2, 0.25) is 5.90 Å². The molecule has 230 valence electrons. The quantitative estimate of drug-likeness (QED) is 0.0654. The Morgan fingerprint density at radius 2 is 1.60 bits per heavy atom. The molecule has 2 atom stereocenters. The summed E-state index contributed by atoms with van der Waals surface area (Å²) in [5, 5.41) is 16.2. The van der Waals surface area contributed by atoms with Crippen molar-refractivity contribution in [2.24, 2.45) is 10.1 Å². The summed E-state index contributed by atoms with van der Waals surface area (Å²) in [6.45, 7) is 0.939. The number of aliphatic imine (C=N–C) groups is 1. The zero-order chi connectivity index (χ0) is 31.3. The van der Waals surface area contributed by atoms with Crippen LogP contribution in [0.2, 0.25) is 0 Å². The number of unbranched alkanes of at least 4 members (excludes halogenated alkanes) is 1. The second-order valence-electron chi connectivity index (χ2n) is 10.9. The minimum absolute atomic E-state index is 0.0556. The molecule has 0 aromatic heterocycles. The van der Waals surface area contributed by atoms with Crippen molar-refractivity contribution in [1.29, 1.82) is 0 Å². The van der Waals surface area contributed by atoms with Gasteiger partial charge in [0.05, 0.1) is 6.61 Å². The second-order valence-corrected chi connectivity index (χ2v) is 10.9. The van der Waals surface area contributed by atoms with Crippen molar-refractivity contribution in [2.45, 2.75) is 43.7 Å². The maximum Gasteiger partial charge on any atom is 0.252 e. The van der Waals surface area contributed by atoms with E-state index in [1.807, 2.05) is 84.9 Å². The van der Waals surface area contributed by atoms with Gasteiger partial charge in [0.25, 0.3) is 5.91 Å². The first-order valence-electron chi connectivity index (χ1n) is 15.2. The normalized spacial score (nSPS) is 17.1. The summed E-state index contributed by atoms with van der Waals surface area (Å²) in [5.74, 6) is 0.707. The first-order valence-corrected chi connectivity index (χ1v) is 15.2. The maximum absolute atomic E-state index is 14.4. The van der Waals surface area contributed by atoms with Crippen LogP contribution in [0, 0.1) is 0 Å². The zero-order valence-corrected chi connectivity index (χ0v) is 25.1. The van der Waals surface area contributed by atoms with E-state index in [0.717, 1.165) is 24.8 Å². The fourth-order valence-electron chi connectivity index (χ4n) is 5.47. The number of rotatable bonds is 15. The fourth-order valence-corrected chi connectivity index (χ4v) is 5.47. The number of ether oxygens (including phenoxy) is 2. The lowest BCUT2D eigenvalue weighted by atomic mass is 9.81. The number of azide groups is 1. The number of hydrogen-bond acceptors (Lipinski definition) is 6. The van der Waals surface area contributed by atoms with Gasteiger partial charge < -0.3 is 19.9 Å². The molecule has 1 amide bonds. The number of benzene rings is 4. The molecule has 0 spiro atoms. The van der Waals surface area contributed by atoms with Crippen molar-refractivity contribution in [2.75, 3.05) is 19.8 Å². The van der Waals surface area contributed by atoms with Crippen LogP contribution in [0.25, 0.3) is 10.4 Å². The Bertz CT molecular complexity index is 1620.